The minimum Gasteiger partial charge on any atom is -0.378 e. The lowest BCUT2D eigenvalue weighted by atomic mass is 10.0. The zero-order valence-corrected chi connectivity index (χ0v) is 16.8. The molecular formula is C22H25FN4O. The van der Waals surface area contributed by atoms with Crippen LogP contribution >= 0.6 is 0 Å². The summed E-state index contributed by atoms with van der Waals surface area (Å²) in [6, 6.07) is 4.98. The first-order valence-corrected chi connectivity index (χ1v) is 9.63. The molecule has 2 aromatic heterocycles. The molecule has 1 amide bonds. The maximum absolute atomic E-state index is 13.6. The monoisotopic (exact) mass is 380 g/mol. The molecule has 1 aliphatic heterocycles. The Morgan fingerprint density at radius 2 is 1.82 bits per heavy atom. The number of pyridine rings is 1. The van der Waals surface area contributed by atoms with E-state index in [1.165, 1.54) is 0 Å². The molecule has 1 aliphatic rings. The van der Waals surface area contributed by atoms with Crippen LogP contribution in [0.1, 0.15) is 44.9 Å². The second-order valence-corrected chi connectivity index (χ2v) is 7.64. The van der Waals surface area contributed by atoms with Gasteiger partial charge in [-0.2, -0.15) is 0 Å². The summed E-state index contributed by atoms with van der Waals surface area (Å²) < 4.78 is 15.6. The molecule has 1 aromatic carbocycles. The molecule has 0 spiro atoms. The largest absolute Gasteiger partial charge is 0.378 e. The van der Waals surface area contributed by atoms with Crippen LogP contribution < -0.4 is 5.32 Å². The van der Waals surface area contributed by atoms with Gasteiger partial charge in [-0.15, -0.1) is 0 Å². The molecule has 0 radical (unpaired) electrons. The Kier molecular flexibility index (Phi) is 4.57. The van der Waals surface area contributed by atoms with Crippen LogP contribution in [0.2, 0.25) is 0 Å². The van der Waals surface area contributed by atoms with Crippen molar-refractivity contribution in [1.82, 2.24) is 14.3 Å². The molecule has 1 fully saturated rings. The molecule has 0 unspecified atom stereocenters. The van der Waals surface area contributed by atoms with Gasteiger partial charge in [0.15, 0.2) is 5.65 Å². The van der Waals surface area contributed by atoms with Crippen LogP contribution in [0.4, 0.5) is 10.1 Å². The predicted molar refractivity (Wildman–Crippen MR) is 108 cm³/mol. The summed E-state index contributed by atoms with van der Waals surface area (Å²) in [6.07, 6.45) is 2.94. The second kappa shape index (κ2) is 6.93. The molecule has 0 saturated carbocycles. The van der Waals surface area contributed by atoms with Gasteiger partial charge in [-0.25, -0.2) is 9.37 Å². The van der Waals surface area contributed by atoms with Gasteiger partial charge < -0.3 is 14.6 Å². The zero-order valence-electron chi connectivity index (χ0n) is 16.8. The van der Waals surface area contributed by atoms with Gasteiger partial charge in [0.1, 0.15) is 5.82 Å². The number of hydrogen-bond acceptors (Lipinski definition) is 3. The predicted octanol–water partition coefficient (Wildman–Crippen LogP) is 4.17. The van der Waals surface area contributed by atoms with Crippen molar-refractivity contribution >= 4 is 17.2 Å². The SMILES string of the molecule is Cc1cc(F)cc(C)c1CNc1cc(C(=O)N2CCC2)cn2c(C)c(C)nc12. The number of aromatic nitrogens is 2. The molecular weight excluding hydrogens is 355 g/mol. The van der Waals surface area contributed by atoms with Crippen molar-refractivity contribution in [3.63, 3.8) is 0 Å². The topological polar surface area (TPSA) is 49.6 Å². The van der Waals surface area contributed by atoms with Crippen molar-refractivity contribution in [2.24, 2.45) is 0 Å². The Morgan fingerprint density at radius 1 is 1.14 bits per heavy atom. The molecule has 146 valence electrons. The Bertz CT molecular complexity index is 1060. The molecule has 5 nitrogen and oxygen atoms in total. The molecule has 0 bridgehead atoms. The first-order valence-electron chi connectivity index (χ1n) is 9.63. The summed E-state index contributed by atoms with van der Waals surface area (Å²) in [5.41, 5.74) is 7.09. The van der Waals surface area contributed by atoms with Crippen LogP contribution in [-0.2, 0) is 6.54 Å². The smallest absolute Gasteiger partial charge is 0.255 e. The highest BCUT2D eigenvalue weighted by Crippen LogP contribution is 2.25. The zero-order chi connectivity index (χ0) is 20.0. The number of nitrogens with zero attached hydrogens (tertiary/aromatic N) is 3. The quantitative estimate of drug-likeness (QED) is 0.739. The summed E-state index contributed by atoms with van der Waals surface area (Å²) >= 11 is 0. The molecule has 3 heterocycles. The molecule has 1 N–H and O–H groups in total. The highest BCUT2D eigenvalue weighted by Gasteiger charge is 2.23. The Labute approximate surface area is 164 Å². The lowest BCUT2D eigenvalue weighted by Gasteiger charge is -2.31. The van der Waals surface area contributed by atoms with Crippen molar-refractivity contribution < 1.29 is 9.18 Å². The third kappa shape index (κ3) is 3.13. The Balaban J connectivity index is 1.73. The lowest BCUT2D eigenvalue weighted by molar-refractivity contribution is 0.0651. The molecule has 4 rings (SSSR count). The van der Waals surface area contributed by atoms with Gasteiger partial charge in [0.2, 0.25) is 0 Å². The van der Waals surface area contributed by atoms with Crippen molar-refractivity contribution in [3.8, 4) is 0 Å². The number of carbonyl (C=O) groups is 1. The van der Waals surface area contributed by atoms with Crippen LogP contribution in [0.5, 0.6) is 0 Å². The number of rotatable bonds is 4. The van der Waals surface area contributed by atoms with Gasteiger partial charge in [0, 0.05) is 31.5 Å². The number of aryl methyl sites for hydroxylation is 4. The van der Waals surface area contributed by atoms with Crippen LogP contribution in [0, 0.1) is 33.5 Å². The minimum atomic E-state index is -0.220. The minimum absolute atomic E-state index is 0.0519. The van der Waals surface area contributed by atoms with Crippen molar-refractivity contribution in [1.29, 1.82) is 0 Å². The van der Waals surface area contributed by atoms with E-state index >= 15 is 0 Å². The average Bonchev–Trinajstić information content (AvgIpc) is 2.87. The summed E-state index contributed by atoms with van der Waals surface area (Å²) in [5, 5.41) is 3.44. The Hall–Kier alpha value is -2.89. The number of imidazole rings is 1. The van der Waals surface area contributed by atoms with Gasteiger partial charge >= 0.3 is 0 Å². The average molecular weight is 380 g/mol. The van der Waals surface area contributed by atoms with E-state index < -0.39 is 0 Å². The first kappa shape index (κ1) is 18.5. The van der Waals surface area contributed by atoms with Crippen molar-refractivity contribution in [2.45, 2.75) is 40.7 Å². The van der Waals surface area contributed by atoms with E-state index in [1.807, 2.05) is 49.3 Å². The maximum atomic E-state index is 13.6. The molecule has 28 heavy (non-hydrogen) atoms. The van der Waals surface area contributed by atoms with E-state index in [-0.39, 0.29) is 11.7 Å². The number of fused-ring (bicyclic) bond motifs is 1. The fraction of sp³-hybridized carbons (Fsp3) is 0.364. The summed E-state index contributed by atoms with van der Waals surface area (Å²) in [7, 11) is 0. The fourth-order valence-corrected chi connectivity index (χ4v) is 3.72. The number of carbonyl (C=O) groups excluding carboxylic acids is 1. The summed E-state index contributed by atoms with van der Waals surface area (Å²) in [4.78, 5) is 19.3. The Morgan fingerprint density at radius 3 is 2.43 bits per heavy atom. The molecule has 1 saturated heterocycles. The van der Waals surface area contributed by atoms with Gasteiger partial charge in [-0.1, -0.05) is 0 Å². The van der Waals surface area contributed by atoms with Crippen LogP contribution in [-0.4, -0.2) is 33.3 Å². The lowest BCUT2D eigenvalue weighted by Crippen LogP contribution is -2.42. The van der Waals surface area contributed by atoms with Gasteiger partial charge in [0.25, 0.3) is 5.91 Å². The normalized spacial score (nSPS) is 13.7. The maximum Gasteiger partial charge on any atom is 0.255 e. The number of amides is 1. The first-order chi connectivity index (χ1) is 13.3. The number of hydrogen-bond donors (Lipinski definition) is 1. The third-order valence-corrected chi connectivity index (χ3v) is 5.70. The standard InChI is InChI=1S/C22H25FN4O/c1-13-8-18(23)9-14(2)19(13)11-24-20-10-17(22(28)26-6-5-7-26)12-27-16(4)15(3)25-21(20)27/h8-10,12,24H,5-7,11H2,1-4H3. The van der Waals surface area contributed by atoms with E-state index in [1.54, 1.807) is 12.1 Å². The second-order valence-electron chi connectivity index (χ2n) is 7.64. The van der Waals surface area contributed by atoms with Gasteiger partial charge in [-0.3, -0.25) is 4.79 Å². The molecule has 6 heteroatoms. The van der Waals surface area contributed by atoms with E-state index in [4.69, 9.17) is 0 Å². The van der Waals surface area contributed by atoms with Crippen molar-refractivity contribution in [3.05, 3.63) is 63.9 Å². The number of nitrogens with one attached hydrogen (secondary N) is 1. The number of likely N-dealkylation sites (tertiary alicyclic amines) is 1. The van der Waals surface area contributed by atoms with Gasteiger partial charge in [0.05, 0.1) is 16.9 Å². The van der Waals surface area contributed by atoms with E-state index in [0.717, 1.165) is 58.9 Å². The summed E-state index contributed by atoms with van der Waals surface area (Å²) in [5.74, 6) is -0.168. The fourth-order valence-electron chi connectivity index (χ4n) is 3.72. The number of benzene rings is 1. The van der Waals surface area contributed by atoms with E-state index in [0.29, 0.717) is 12.1 Å². The van der Waals surface area contributed by atoms with Crippen LogP contribution in [0.3, 0.4) is 0 Å². The molecule has 0 atom stereocenters. The number of anilines is 1. The summed E-state index contributed by atoms with van der Waals surface area (Å²) in [6.45, 7) is 9.97. The molecule has 3 aromatic rings. The number of halogens is 1. The highest BCUT2D eigenvalue weighted by atomic mass is 19.1. The molecule has 0 aliphatic carbocycles. The van der Waals surface area contributed by atoms with Crippen molar-refractivity contribution in [2.75, 3.05) is 18.4 Å². The highest BCUT2D eigenvalue weighted by molar-refractivity contribution is 5.96. The van der Waals surface area contributed by atoms with E-state index in [2.05, 4.69) is 10.3 Å². The third-order valence-electron chi connectivity index (χ3n) is 5.70. The van der Waals surface area contributed by atoms with Crippen LogP contribution in [0.25, 0.3) is 5.65 Å². The van der Waals surface area contributed by atoms with E-state index in [9.17, 15) is 9.18 Å². The van der Waals surface area contributed by atoms with Crippen LogP contribution in [0.15, 0.2) is 24.4 Å². The van der Waals surface area contributed by atoms with Gasteiger partial charge in [-0.05, 0) is 69.0 Å².